The quantitative estimate of drug-likeness (QED) is 0.836. The van der Waals surface area contributed by atoms with Crippen molar-refractivity contribution in [3.8, 4) is 11.5 Å². The van der Waals surface area contributed by atoms with Crippen LogP contribution in [0.25, 0.3) is 0 Å². The fraction of sp³-hybridized carbons (Fsp3) is 0.467. The number of carbonyl (C=O) groups excluding carboxylic acids is 1. The van der Waals surface area contributed by atoms with Crippen LogP contribution in [-0.2, 0) is 4.79 Å². The third kappa shape index (κ3) is 3.87. The SMILES string of the molecule is COc1cc(C)c(C(=O)N[C@@H](C(=O)O)C(C)C)cc1OC. The topological polar surface area (TPSA) is 84.9 Å². The summed E-state index contributed by atoms with van der Waals surface area (Å²) in [7, 11) is 2.99. The molecule has 0 aromatic heterocycles. The maximum Gasteiger partial charge on any atom is 0.326 e. The number of hydrogen-bond acceptors (Lipinski definition) is 4. The minimum Gasteiger partial charge on any atom is -0.493 e. The molecule has 2 N–H and O–H groups in total. The molecule has 0 spiro atoms. The number of carbonyl (C=O) groups is 2. The van der Waals surface area contributed by atoms with Gasteiger partial charge in [0.15, 0.2) is 11.5 Å². The van der Waals surface area contributed by atoms with Gasteiger partial charge in [-0.1, -0.05) is 13.8 Å². The van der Waals surface area contributed by atoms with E-state index in [1.54, 1.807) is 32.9 Å². The largest absolute Gasteiger partial charge is 0.493 e. The molecule has 0 bridgehead atoms. The van der Waals surface area contributed by atoms with Gasteiger partial charge >= 0.3 is 5.97 Å². The van der Waals surface area contributed by atoms with E-state index in [-0.39, 0.29) is 5.92 Å². The molecule has 0 heterocycles. The molecule has 0 fully saturated rings. The van der Waals surface area contributed by atoms with Crippen molar-refractivity contribution in [2.24, 2.45) is 5.92 Å². The van der Waals surface area contributed by atoms with Crippen molar-refractivity contribution < 1.29 is 24.2 Å². The highest BCUT2D eigenvalue weighted by Gasteiger charge is 2.25. The Bertz CT molecular complexity index is 539. The molecule has 0 saturated carbocycles. The molecule has 0 aliphatic heterocycles. The average Bonchev–Trinajstić information content (AvgIpc) is 2.43. The van der Waals surface area contributed by atoms with E-state index in [0.29, 0.717) is 22.6 Å². The summed E-state index contributed by atoms with van der Waals surface area (Å²) in [5.41, 5.74) is 1.04. The fourth-order valence-corrected chi connectivity index (χ4v) is 1.96. The van der Waals surface area contributed by atoms with E-state index in [1.807, 2.05) is 0 Å². The van der Waals surface area contributed by atoms with Gasteiger partial charge in [-0.25, -0.2) is 4.79 Å². The average molecular weight is 295 g/mol. The van der Waals surface area contributed by atoms with Crippen molar-refractivity contribution >= 4 is 11.9 Å². The molecular formula is C15H21NO5. The lowest BCUT2D eigenvalue weighted by molar-refractivity contribution is -0.140. The number of aryl methyl sites for hydroxylation is 1. The number of amides is 1. The summed E-state index contributed by atoms with van der Waals surface area (Å²) in [6.45, 7) is 5.23. The molecule has 0 aliphatic rings. The van der Waals surface area contributed by atoms with Crippen molar-refractivity contribution in [1.29, 1.82) is 0 Å². The zero-order chi connectivity index (χ0) is 16.2. The molecule has 1 amide bonds. The van der Waals surface area contributed by atoms with Gasteiger partial charge in [-0.2, -0.15) is 0 Å². The lowest BCUT2D eigenvalue weighted by Gasteiger charge is -2.19. The van der Waals surface area contributed by atoms with E-state index >= 15 is 0 Å². The molecule has 0 unspecified atom stereocenters. The van der Waals surface area contributed by atoms with Gasteiger partial charge in [0, 0.05) is 5.56 Å². The molecule has 0 radical (unpaired) electrons. The number of benzene rings is 1. The Hall–Kier alpha value is -2.24. The van der Waals surface area contributed by atoms with E-state index in [4.69, 9.17) is 14.6 Å². The maximum absolute atomic E-state index is 12.3. The van der Waals surface area contributed by atoms with Gasteiger partial charge in [-0.15, -0.1) is 0 Å². The van der Waals surface area contributed by atoms with E-state index in [9.17, 15) is 9.59 Å². The third-order valence-electron chi connectivity index (χ3n) is 3.19. The Balaban J connectivity index is 3.10. The molecule has 1 aromatic carbocycles. The van der Waals surface area contributed by atoms with E-state index in [2.05, 4.69) is 5.32 Å². The second-order valence-corrected chi connectivity index (χ2v) is 5.06. The fourth-order valence-electron chi connectivity index (χ4n) is 1.96. The van der Waals surface area contributed by atoms with Crippen LogP contribution in [0.3, 0.4) is 0 Å². The van der Waals surface area contributed by atoms with E-state index in [1.165, 1.54) is 14.2 Å². The number of aliphatic carboxylic acids is 1. The van der Waals surface area contributed by atoms with Crippen LogP contribution in [0.5, 0.6) is 11.5 Å². The Labute approximate surface area is 124 Å². The zero-order valence-corrected chi connectivity index (χ0v) is 12.9. The second-order valence-electron chi connectivity index (χ2n) is 5.06. The third-order valence-corrected chi connectivity index (χ3v) is 3.19. The number of carboxylic acids is 1. The van der Waals surface area contributed by atoms with Crippen LogP contribution in [0.1, 0.15) is 29.8 Å². The Kier molecular flexibility index (Phi) is 5.58. The zero-order valence-electron chi connectivity index (χ0n) is 12.9. The summed E-state index contributed by atoms with van der Waals surface area (Å²) >= 11 is 0. The molecule has 0 aliphatic carbocycles. The first-order valence-electron chi connectivity index (χ1n) is 6.58. The van der Waals surface area contributed by atoms with Crippen molar-refractivity contribution in [2.75, 3.05) is 14.2 Å². The summed E-state index contributed by atoms with van der Waals surface area (Å²) in [5, 5.41) is 11.7. The Morgan fingerprint density at radius 3 is 2.10 bits per heavy atom. The van der Waals surface area contributed by atoms with Crippen molar-refractivity contribution in [3.05, 3.63) is 23.3 Å². The van der Waals surface area contributed by atoms with Crippen LogP contribution >= 0.6 is 0 Å². The molecule has 1 atom stereocenters. The summed E-state index contributed by atoms with van der Waals surface area (Å²) in [5.74, 6) is -0.784. The first-order chi connectivity index (χ1) is 9.81. The molecule has 21 heavy (non-hydrogen) atoms. The Morgan fingerprint density at radius 2 is 1.67 bits per heavy atom. The molecule has 1 aromatic rings. The highest BCUT2D eigenvalue weighted by Crippen LogP contribution is 2.30. The van der Waals surface area contributed by atoms with Gasteiger partial charge in [-0.3, -0.25) is 4.79 Å². The minimum absolute atomic E-state index is 0.216. The van der Waals surface area contributed by atoms with Crippen LogP contribution in [0.15, 0.2) is 12.1 Å². The minimum atomic E-state index is -1.06. The number of nitrogens with one attached hydrogen (secondary N) is 1. The standard InChI is InChI=1S/C15H21NO5/c1-8(2)13(15(18)19)16-14(17)10-7-12(21-5)11(20-4)6-9(10)3/h6-8,13H,1-5H3,(H,16,17)(H,18,19)/t13-/m1/s1. The van der Waals surface area contributed by atoms with Gasteiger partial charge in [-0.05, 0) is 30.5 Å². The molecule has 6 heteroatoms. The first kappa shape index (κ1) is 16.8. The van der Waals surface area contributed by atoms with Gasteiger partial charge < -0.3 is 19.9 Å². The molecule has 1 rings (SSSR count). The van der Waals surface area contributed by atoms with Gasteiger partial charge in [0.25, 0.3) is 5.91 Å². The normalized spacial score (nSPS) is 11.9. The number of carboxylic acid groups (broad SMARTS) is 1. The van der Waals surface area contributed by atoms with Gasteiger partial charge in [0.1, 0.15) is 6.04 Å². The molecular weight excluding hydrogens is 274 g/mol. The predicted molar refractivity (Wildman–Crippen MR) is 78.0 cm³/mol. The predicted octanol–water partition coefficient (Wildman–Crippen LogP) is 1.85. The van der Waals surface area contributed by atoms with Crippen LogP contribution < -0.4 is 14.8 Å². The van der Waals surface area contributed by atoms with Crippen LogP contribution in [-0.4, -0.2) is 37.2 Å². The number of methoxy groups -OCH3 is 2. The van der Waals surface area contributed by atoms with Gasteiger partial charge in [0.2, 0.25) is 0 Å². The molecule has 0 saturated heterocycles. The Morgan fingerprint density at radius 1 is 1.14 bits per heavy atom. The maximum atomic E-state index is 12.3. The van der Waals surface area contributed by atoms with Crippen molar-refractivity contribution in [2.45, 2.75) is 26.8 Å². The summed E-state index contributed by atoms with van der Waals surface area (Å²) in [6, 6.07) is 2.28. The van der Waals surface area contributed by atoms with Crippen molar-refractivity contribution in [3.63, 3.8) is 0 Å². The molecule has 6 nitrogen and oxygen atoms in total. The van der Waals surface area contributed by atoms with Gasteiger partial charge in [0.05, 0.1) is 14.2 Å². The van der Waals surface area contributed by atoms with Crippen LogP contribution in [0.4, 0.5) is 0 Å². The van der Waals surface area contributed by atoms with Crippen molar-refractivity contribution in [1.82, 2.24) is 5.32 Å². The number of ether oxygens (including phenoxy) is 2. The highest BCUT2D eigenvalue weighted by atomic mass is 16.5. The number of rotatable bonds is 6. The van der Waals surface area contributed by atoms with Crippen LogP contribution in [0.2, 0.25) is 0 Å². The monoisotopic (exact) mass is 295 g/mol. The summed E-state index contributed by atoms with van der Waals surface area (Å²) < 4.78 is 10.3. The lowest BCUT2D eigenvalue weighted by Crippen LogP contribution is -2.44. The summed E-state index contributed by atoms with van der Waals surface area (Å²) in [6.07, 6.45) is 0. The van der Waals surface area contributed by atoms with E-state index in [0.717, 1.165) is 0 Å². The second kappa shape index (κ2) is 6.97. The van der Waals surface area contributed by atoms with E-state index < -0.39 is 17.9 Å². The van der Waals surface area contributed by atoms with Crippen LogP contribution in [0, 0.1) is 12.8 Å². The molecule has 116 valence electrons. The summed E-state index contributed by atoms with van der Waals surface area (Å²) in [4.78, 5) is 23.4. The smallest absolute Gasteiger partial charge is 0.326 e. The first-order valence-corrected chi connectivity index (χ1v) is 6.58. The number of hydrogen-bond donors (Lipinski definition) is 2. The lowest BCUT2D eigenvalue weighted by atomic mass is 10.0. The highest BCUT2D eigenvalue weighted by molar-refractivity contribution is 5.98.